The number of esters is 2. The standard InChI is InChI=1S/C28H29N5O7.C14H15N3O5.C13H13N3O5/c1-29-13-17(6-22(29)26(35)11-19-8-24(28(37)40-5)31(3)15-19)9-25(34)21-7-18(14-30(21)2)10-27(36)23-12-20(33(38)39)16-32(23)4;1-15-7-9(4-12(15)14(19)22-3)5-13(18)11-6-10(17(20)21)8-16(11)2;1-14-6-8(3-11(14)13(18)19)4-12(17)10-5-9(16(20)21)7-15(10)2/h6-8,12-16H,9-11H2,1-5H3;4,6-8H,5H2,1-3H3;3,5-7H,4H2,1-2H3,(H,18,19). The van der Waals surface area contributed by atoms with Gasteiger partial charge in [-0.2, -0.15) is 0 Å². The van der Waals surface area contributed by atoms with Gasteiger partial charge in [0.15, 0.2) is 28.9 Å². The topological polar surface area (TPSA) is 344 Å². The molecule has 0 fully saturated rings. The minimum Gasteiger partial charge on any atom is -0.477 e. The van der Waals surface area contributed by atoms with Crippen molar-refractivity contribution >= 4 is 63.9 Å². The lowest BCUT2D eigenvalue weighted by Crippen LogP contribution is -2.08. The first-order valence-electron chi connectivity index (χ1n) is 24.7. The lowest BCUT2D eigenvalue weighted by atomic mass is 10.1. The summed E-state index contributed by atoms with van der Waals surface area (Å²) < 4.78 is 21.5. The third kappa shape index (κ3) is 14.5. The highest BCUT2D eigenvalue weighted by Crippen LogP contribution is 2.23. The molecule has 8 rings (SSSR count). The Bertz CT molecular complexity index is 3920. The van der Waals surface area contributed by atoms with Crippen LogP contribution in [-0.2, 0) is 98.0 Å². The summed E-state index contributed by atoms with van der Waals surface area (Å²) in [6.07, 6.45) is 12.3. The average molecular weight is 1140 g/mol. The van der Waals surface area contributed by atoms with Crippen molar-refractivity contribution in [3.8, 4) is 0 Å². The van der Waals surface area contributed by atoms with E-state index in [0.29, 0.717) is 50.6 Å². The summed E-state index contributed by atoms with van der Waals surface area (Å²) in [6, 6.07) is 11.6. The van der Waals surface area contributed by atoms with E-state index < -0.39 is 32.7 Å². The largest absolute Gasteiger partial charge is 0.477 e. The number of carboxylic acid groups (broad SMARTS) is 1. The molecular weight excluding hydrogens is 1090 g/mol. The molecule has 0 aromatic carbocycles. The van der Waals surface area contributed by atoms with E-state index in [-0.39, 0.29) is 101 Å². The molecule has 0 aliphatic heterocycles. The fourth-order valence-electron chi connectivity index (χ4n) is 9.18. The van der Waals surface area contributed by atoms with Crippen LogP contribution in [0.4, 0.5) is 17.1 Å². The van der Waals surface area contributed by atoms with Crippen LogP contribution >= 0.6 is 0 Å². The van der Waals surface area contributed by atoms with Crippen molar-refractivity contribution in [1.29, 1.82) is 0 Å². The fourth-order valence-corrected chi connectivity index (χ4v) is 9.18. The van der Waals surface area contributed by atoms with E-state index in [4.69, 9.17) is 9.84 Å². The number of carbonyl (C=O) groups is 8. The molecule has 0 saturated heterocycles. The van der Waals surface area contributed by atoms with Crippen LogP contribution in [0, 0.1) is 30.3 Å². The maximum atomic E-state index is 13.1. The summed E-state index contributed by atoms with van der Waals surface area (Å²) in [5, 5.41) is 41.4. The van der Waals surface area contributed by atoms with Gasteiger partial charge in [0.25, 0.3) is 17.1 Å². The number of aryl methyl sites for hydroxylation is 8. The van der Waals surface area contributed by atoms with Gasteiger partial charge in [-0.1, -0.05) is 0 Å². The van der Waals surface area contributed by atoms with Gasteiger partial charge >= 0.3 is 17.9 Å². The number of carboxylic acids is 1. The Kier molecular flexibility index (Phi) is 18.9. The Morgan fingerprint density at radius 2 is 0.542 bits per heavy atom. The van der Waals surface area contributed by atoms with Crippen molar-refractivity contribution in [3.05, 3.63) is 202 Å². The van der Waals surface area contributed by atoms with E-state index in [1.807, 2.05) is 0 Å². The zero-order chi connectivity index (χ0) is 61.5. The molecule has 0 unspecified atom stereocenters. The number of nitrogens with zero attached hydrogens (tertiary/aromatic N) is 11. The van der Waals surface area contributed by atoms with Crippen LogP contribution in [0.25, 0.3) is 0 Å². The molecule has 0 aliphatic carbocycles. The van der Waals surface area contributed by atoms with Gasteiger partial charge in [-0.15, -0.1) is 0 Å². The number of rotatable bonds is 21. The van der Waals surface area contributed by atoms with E-state index in [0.717, 1.165) is 0 Å². The third-order valence-corrected chi connectivity index (χ3v) is 13.2. The Morgan fingerprint density at radius 1 is 0.349 bits per heavy atom. The predicted octanol–water partition coefficient (Wildman–Crippen LogP) is 5.89. The number of hydrogen-bond acceptors (Lipinski definition) is 16. The number of ketones is 5. The molecule has 0 radical (unpaired) electrons. The second kappa shape index (κ2) is 25.5. The second-order valence-corrected chi connectivity index (χ2v) is 19.4. The molecule has 0 amide bonds. The first kappa shape index (κ1) is 61.4. The number of carbonyl (C=O) groups excluding carboxylic acids is 7. The van der Waals surface area contributed by atoms with Crippen molar-refractivity contribution < 1.29 is 67.7 Å². The molecule has 0 spiro atoms. The van der Waals surface area contributed by atoms with E-state index in [1.54, 1.807) is 130 Å². The van der Waals surface area contributed by atoms with Crippen LogP contribution in [0.2, 0.25) is 0 Å². The quantitative estimate of drug-likeness (QED) is 0.0379. The van der Waals surface area contributed by atoms with Crippen LogP contribution in [0.3, 0.4) is 0 Å². The van der Waals surface area contributed by atoms with Gasteiger partial charge in [-0.05, 0) is 58.1 Å². The number of ether oxygens (including phenoxy) is 2. The molecule has 83 heavy (non-hydrogen) atoms. The van der Waals surface area contributed by atoms with Crippen molar-refractivity contribution in [3.63, 3.8) is 0 Å². The number of aromatic carboxylic acids is 1. The molecule has 8 aromatic rings. The molecule has 28 nitrogen and oxygen atoms in total. The molecular formula is C55H57N11O17. The summed E-state index contributed by atoms with van der Waals surface area (Å²) in [6.45, 7) is 0. The molecule has 0 bridgehead atoms. The lowest BCUT2D eigenvalue weighted by molar-refractivity contribution is -0.385. The molecule has 0 atom stereocenters. The molecule has 1 N–H and O–H groups in total. The maximum Gasteiger partial charge on any atom is 0.354 e. The van der Waals surface area contributed by atoms with Gasteiger partial charge in [0.05, 0.1) is 76.0 Å². The number of nitro groups is 3. The summed E-state index contributed by atoms with van der Waals surface area (Å²) >= 11 is 0. The van der Waals surface area contributed by atoms with Crippen molar-refractivity contribution in [2.75, 3.05) is 14.2 Å². The van der Waals surface area contributed by atoms with E-state index in [9.17, 15) is 68.7 Å². The lowest BCUT2D eigenvalue weighted by Gasteiger charge is -2.00. The fraction of sp³-hybridized carbons (Fsp3) is 0.273. The van der Waals surface area contributed by atoms with Crippen molar-refractivity contribution in [2.45, 2.75) is 32.1 Å². The Morgan fingerprint density at radius 3 is 0.747 bits per heavy atom. The first-order chi connectivity index (χ1) is 39.0. The minimum absolute atomic E-state index is 0.0166. The highest BCUT2D eigenvalue weighted by Gasteiger charge is 2.24. The normalized spacial score (nSPS) is 10.8. The van der Waals surface area contributed by atoms with Gasteiger partial charge < -0.3 is 51.1 Å². The van der Waals surface area contributed by atoms with Gasteiger partial charge in [-0.3, -0.25) is 54.3 Å². The Balaban J connectivity index is 0.000000218. The number of methoxy groups -OCH3 is 2. The summed E-state index contributed by atoms with van der Waals surface area (Å²) in [4.78, 5) is 128. The Labute approximate surface area is 471 Å². The Hall–Kier alpha value is -10.8. The minimum atomic E-state index is -1.08. The van der Waals surface area contributed by atoms with E-state index in [1.165, 1.54) is 75.3 Å². The summed E-state index contributed by atoms with van der Waals surface area (Å²) in [7, 11) is 15.6. The number of aromatic nitrogens is 8. The number of hydrogen-bond donors (Lipinski definition) is 1. The third-order valence-electron chi connectivity index (χ3n) is 13.2. The number of Topliss-reactive ketones (excluding diaryl/α,β-unsaturated/α-hetero) is 5. The second-order valence-electron chi connectivity index (χ2n) is 19.4. The van der Waals surface area contributed by atoms with Gasteiger partial charge in [-0.25, -0.2) is 14.4 Å². The van der Waals surface area contributed by atoms with Gasteiger partial charge in [0.1, 0.15) is 17.1 Å². The zero-order valence-electron chi connectivity index (χ0n) is 46.7. The monoisotopic (exact) mass is 1140 g/mol. The highest BCUT2D eigenvalue weighted by molar-refractivity contribution is 6.01. The van der Waals surface area contributed by atoms with Crippen LogP contribution in [-0.4, -0.2) is 117 Å². The molecule has 0 saturated carbocycles. The van der Waals surface area contributed by atoms with Crippen LogP contribution in [0.1, 0.15) is 112 Å². The molecule has 8 aromatic heterocycles. The maximum absolute atomic E-state index is 13.1. The van der Waals surface area contributed by atoms with E-state index in [2.05, 4.69) is 4.74 Å². The van der Waals surface area contributed by atoms with Crippen LogP contribution in [0.5, 0.6) is 0 Å². The van der Waals surface area contributed by atoms with Crippen molar-refractivity contribution in [1.82, 2.24) is 36.5 Å². The molecule has 8 heterocycles. The van der Waals surface area contributed by atoms with Gasteiger partial charge in [0, 0.05) is 138 Å². The van der Waals surface area contributed by atoms with Crippen LogP contribution < -0.4 is 0 Å². The highest BCUT2D eigenvalue weighted by atomic mass is 16.6. The predicted molar refractivity (Wildman–Crippen MR) is 293 cm³/mol. The summed E-state index contributed by atoms with van der Waals surface area (Å²) in [5.41, 5.74) is 4.93. The molecule has 28 heteroatoms. The zero-order valence-corrected chi connectivity index (χ0v) is 46.7. The SMILES string of the molecule is COC(=O)c1cc(CC(=O)c2cc(CC(=O)c3cc(CC(=O)c4cc([N+](=O)[O-])cn4C)cn3C)cn2C)cn1C.COC(=O)c1cc(CC(=O)c2cc([N+](=O)[O-])cn2C)cn1C.Cn1cc(CC(=O)c2cc([N+](=O)[O-])cn2C)cc1C(=O)O. The van der Waals surface area contributed by atoms with E-state index >= 15 is 0 Å². The molecule has 0 aliphatic rings. The summed E-state index contributed by atoms with van der Waals surface area (Å²) in [5.74, 6) is -3.29. The average Bonchev–Trinajstić information content (AvgIpc) is 4.51. The van der Waals surface area contributed by atoms with Crippen molar-refractivity contribution in [2.24, 2.45) is 56.4 Å². The van der Waals surface area contributed by atoms with Gasteiger partial charge in [0.2, 0.25) is 0 Å². The van der Waals surface area contributed by atoms with Crippen LogP contribution in [0.15, 0.2) is 98.1 Å². The smallest absolute Gasteiger partial charge is 0.354 e. The molecule has 434 valence electrons. The first-order valence-corrected chi connectivity index (χ1v) is 24.7.